The third-order valence-electron chi connectivity index (χ3n) is 7.61. The molecule has 0 radical (unpaired) electrons. The average molecular weight is 420 g/mol. The molecule has 160 valence electrons. The minimum atomic E-state index is -0.603. The van der Waals surface area contributed by atoms with Crippen LogP contribution in [0.3, 0.4) is 0 Å². The van der Waals surface area contributed by atoms with Gasteiger partial charge in [0.25, 0.3) is 5.91 Å². The molecule has 0 aliphatic heterocycles. The van der Waals surface area contributed by atoms with Gasteiger partial charge in [0.1, 0.15) is 6.20 Å². The number of carbonyl (C=O) groups excluding carboxylic acids is 1. The molecule has 3 aromatic rings. The number of nitrogens with zero attached hydrogens (tertiary/aromatic N) is 5. The predicted molar refractivity (Wildman–Crippen MR) is 114 cm³/mol. The Bertz CT molecular complexity index is 1190. The van der Waals surface area contributed by atoms with E-state index in [4.69, 9.17) is 0 Å². The van der Waals surface area contributed by atoms with Crippen LogP contribution < -0.4 is 5.32 Å². The van der Waals surface area contributed by atoms with Gasteiger partial charge in [0.05, 0.1) is 21.5 Å². The number of imidazole rings is 1. The maximum Gasteiger partial charge on any atom is 0.320 e. The molecule has 0 atom stereocenters. The number of nitro groups is 1. The monoisotopic (exact) mass is 420 g/mol. The molecule has 1 amide bonds. The number of anilines is 1. The largest absolute Gasteiger partial charge is 0.320 e. The summed E-state index contributed by atoms with van der Waals surface area (Å²) in [5.74, 6) is 1.75. The van der Waals surface area contributed by atoms with Crippen molar-refractivity contribution in [2.45, 2.75) is 44.1 Å². The van der Waals surface area contributed by atoms with Crippen LogP contribution in [-0.4, -0.2) is 30.2 Å². The molecule has 31 heavy (non-hydrogen) atoms. The van der Waals surface area contributed by atoms with Gasteiger partial charge < -0.3 is 4.57 Å². The van der Waals surface area contributed by atoms with E-state index in [1.165, 1.54) is 25.5 Å². The van der Waals surface area contributed by atoms with E-state index in [2.05, 4.69) is 15.4 Å². The summed E-state index contributed by atoms with van der Waals surface area (Å²) >= 11 is 0. The summed E-state index contributed by atoms with van der Waals surface area (Å²) in [7, 11) is 1.80. The first-order valence-corrected chi connectivity index (χ1v) is 10.9. The Labute approximate surface area is 178 Å². The van der Waals surface area contributed by atoms with Crippen LogP contribution in [0.15, 0.2) is 30.5 Å². The quantitative estimate of drug-likeness (QED) is 0.509. The lowest BCUT2D eigenvalue weighted by atomic mass is 9.53. The van der Waals surface area contributed by atoms with Gasteiger partial charge in [-0.2, -0.15) is 5.10 Å². The van der Waals surface area contributed by atoms with Gasteiger partial charge in [0.15, 0.2) is 0 Å². The van der Waals surface area contributed by atoms with Crippen molar-refractivity contribution in [3.8, 4) is 0 Å². The molecule has 9 heteroatoms. The second kappa shape index (κ2) is 6.38. The van der Waals surface area contributed by atoms with Crippen LogP contribution in [0, 0.1) is 27.9 Å². The molecule has 4 aliphatic rings. The van der Waals surface area contributed by atoms with Crippen LogP contribution in [0.4, 0.5) is 11.6 Å². The summed E-state index contributed by atoms with van der Waals surface area (Å²) in [6, 6.07) is 7.53. The van der Waals surface area contributed by atoms with Crippen LogP contribution in [0.2, 0.25) is 0 Å². The summed E-state index contributed by atoms with van der Waals surface area (Å²) in [6.45, 7) is 0. The smallest absolute Gasteiger partial charge is 0.313 e. The summed E-state index contributed by atoms with van der Waals surface area (Å²) in [6.07, 6.45) is 8.29. The lowest BCUT2D eigenvalue weighted by molar-refractivity contribution is -0.385. The van der Waals surface area contributed by atoms with Gasteiger partial charge in [-0.3, -0.25) is 24.9 Å². The number of hydrogen-bond donors (Lipinski definition) is 1. The number of aryl methyl sites for hydroxylation is 1. The molecule has 0 spiro atoms. The number of benzene rings is 1. The third kappa shape index (κ3) is 2.79. The molecule has 1 aromatic carbocycles. The van der Waals surface area contributed by atoms with Crippen molar-refractivity contribution in [3.63, 3.8) is 0 Å². The zero-order chi connectivity index (χ0) is 21.3. The first-order valence-electron chi connectivity index (χ1n) is 10.9. The first kappa shape index (κ1) is 18.5. The SMILES string of the molecule is Cn1c(NC(=O)c2nn(C34CC5CC(CC(C5)C3)C4)cc2[N+](=O)[O-])nc2ccccc21. The Kier molecular flexibility index (Phi) is 3.82. The van der Waals surface area contributed by atoms with Gasteiger partial charge in [0, 0.05) is 7.05 Å². The van der Waals surface area contributed by atoms with Gasteiger partial charge in [-0.25, -0.2) is 4.98 Å². The van der Waals surface area contributed by atoms with E-state index in [1.54, 1.807) is 16.3 Å². The molecule has 4 bridgehead atoms. The summed E-state index contributed by atoms with van der Waals surface area (Å²) in [4.78, 5) is 28.8. The zero-order valence-corrected chi connectivity index (χ0v) is 17.3. The molecule has 2 aromatic heterocycles. The number of hydrogen-bond acceptors (Lipinski definition) is 5. The Morgan fingerprint density at radius 2 is 1.81 bits per heavy atom. The van der Waals surface area contributed by atoms with E-state index in [0.717, 1.165) is 30.3 Å². The highest BCUT2D eigenvalue weighted by molar-refractivity contribution is 6.05. The summed E-state index contributed by atoms with van der Waals surface area (Å²) < 4.78 is 3.52. The van der Waals surface area contributed by atoms with Crippen molar-refractivity contribution in [1.82, 2.24) is 19.3 Å². The molecule has 4 aliphatic carbocycles. The molecule has 9 nitrogen and oxygen atoms in total. The van der Waals surface area contributed by atoms with E-state index < -0.39 is 10.8 Å². The maximum absolute atomic E-state index is 13.1. The molecule has 1 N–H and O–H groups in total. The van der Waals surface area contributed by atoms with Crippen molar-refractivity contribution >= 4 is 28.6 Å². The van der Waals surface area contributed by atoms with E-state index in [1.807, 2.05) is 24.3 Å². The van der Waals surface area contributed by atoms with Gasteiger partial charge in [-0.05, 0) is 68.4 Å². The Hall–Kier alpha value is -3.23. The number of aromatic nitrogens is 4. The lowest BCUT2D eigenvalue weighted by Crippen LogP contribution is -2.52. The number of fused-ring (bicyclic) bond motifs is 1. The first-order chi connectivity index (χ1) is 14.9. The minimum absolute atomic E-state index is 0.146. The van der Waals surface area contributed by atoms with Crippen molar-refractivity contribution in [1.29, 1.82) is 0 Å². The van der Waals surface area contributed by atoms with Crippen molar-refractivity contribution in [3.05, 3.63) is 46.3 Å². The second-order valence-electron chi connectivity index (χ2n) is 9.64. The average Bonchev–Trinajstić information content (AvgIpc) is 3.31. The number of para-hydroxylation sites is 2. The fourth-order valence-corrected chi connectivity index (χ4v) is 6.67. The maximum atomic E-state index is 13.1. The van der Waals surface area contributed by atoms with Gasteiger partial charge in [0.2, 0.25) is 11.6 Å². The number of carbonyl (C=O) groups is 1. The topological polar surface area (TPSA) is 108 Å². The molecule has 4 saturated carbocycles. The van der Waals surface area contributed by atoms with Crippen molar-refractivity contribution in [2.75, 3.05) is 5.32 Å². The van der Waals surface area contributed by atoms with Crippen LogP contribution in [0.1, 0.15) is 49.0 Å². The number of amides is 1. The van der Waals surface area contributed by atoms with Gasteiger partial charge in [-0.15, -0.1) is 0 Å². The van der Waals surface area contributed by atoms with Crippen LogP contribution in [-0.2, 0) is 12.6 Å². The molecule has 0 saturated heterocycles. The van der Waals surface area contributed by atoms with E-state index in [0.29, 0.717) is 23.7 Å². The molecule has 4 fully saturated rings. The molecule has 7 rings (SSSR count). The zero-order valence-electron chi connectivity index (χ0n) is 17.3. The van der Waals surface area contributed by atoms with E-state index >= 15 is 0 Å². The third-order valence-corrected chi connectivity index (χ3v) is 7.61. The minimum Gasteiger partial charge on any atom is -0.313 e. The molecular formula is C22H24N6O3. The van der Waals surface area contributed by atoms with Crippen LogP contribution >= 0.6 is 0 Å². The molecule has 0 unspecified atom stereocenters. The van der Waals surface area contributed by atoms with E-state index in [9.17, 15) is 14.9 Å². The predicted octanol–water partition coefficient (Wildman–Crippen LogP) is 3.86. The lowest BCUT2D eigenvalue weighted by Gasteiger charge is -2.56. The molecular weight excluding hydrogens is 396 g/mol. The van der Waals surface area contributed by atoms with Crippen LogP contribution in [0.5, 0.6) is 0 Å². The Morgan fingerprint density at radius 3 is 2.42 bits per heavy atom. The number of nitrogens with one attached hydrogen (secondary N) is 1. The standard InChI is InChI=1S/C22H24N6O3/c1-26-17-5-3-2-4-16(17)23-21(26)24-20(29)19-18(28(30)31)12-27(25-19)22-9-13-6-14(10-22)8-15(7-13)11-22/h2-5,12-15H,6-11H2,1H3,(H,23,24,29). The van der Waals surface area contributed by atoms with Crippen molar-refractivity contribution < 1.29 is 9.72 Å². The second-order valence-corrected chi connectivity index (χ2v) is 9.64. The number of rotatable bonds is 4. The van der Waals surface area contributed by atoms with Gasteiger partial charge >= 0.3 is 5.69 Å². The van der Waals surface area contributed by atoms with Gasteiger partial charge in [-0.1, -0.05) is 12.1 Å². The summed E-state index contributed by atoms with van der Waals surface area (Å²) in [5.41, 5.74) is 1.04. The Morgan fingerprint density at radius 1 is 1.16 bits per heavy atom. The highest BCUT2D eigenvalue weighted by Crippen LogP contribution is 2.58. The Balaban J connectivity index is 1.35. The highest BCUT2D eigenvalue weighted by atomic mass is 16.6. The highest BCUT2D eigenvalue weighted by Gasteiger charge is 2.53. The fourth-order valence-electron chi connectivity index (χ4n) is 6.67. The summed E-state index contributed by atoms with van der Waals surface area (Å²) in [5, 5.41) is 19.0. The van der Waals surface area contributed by atoms with E-state index in [-0.39, 0.29) is 16.9 Å². The van der Waals surface area contributed by atoms with Crippen molar-refractivity contribution in [2.24, 2.45) is 24.8 Å². The fraction of sp³-hybridized carbons (Fsp3) is 0.500. The van der Waals surface area contributed by atoms with Crippen LogP contribution in [0.25, 0.3) is 11.0 Å². The normalized spacial score (nSPS) is 28.9. The molecule has 2 heterocycles.